The van der Waals surface area contributed by atoms with Crippen molar-refractivity contribution in [3.63, 3.8) is 0 Å². The van der Waals surface area contributed by atoms with Crippen LogP contribution in [-0.2, 0) is 0 Å². The van der Waals surface area contributed by atoms with Gasteiger partial charge in [-0.15, -0.1) is 0 Å². The summed E-state index contributed by atoms with van der Waals surface area (Å²) in [7, 11) is 3.27. The Morgan fingerprint density at radius 3 is 2.48 bits per heavy atom. The van der Waals surface area contributed by atoms with Crippen LogP contribution in [0.25, 0.3) is 0 Å². The maximum Gasteiger partial charge on any atom is 0.124 e. The second-order valence-electron chi connectivity index (χ2n) is 4.60. The second-order valence-corrected chi connectivity index (χ2v) is 5.76. The molecule has 0 radical (unpaired) electrons. The van der Waals surface area contributed by atoms with Gasteiger partial charge < -0.3 is 14.8 Å². The Balaban J connectivity index is 2.28. The molecule has 1 N–H and O–H groups in total. The van der Waals surface area contributed by atoms with Crippen molar-refractivity contribution in [1.82, 2.24) is 0 Å². The summed E-state index contributed by atoms with van der Waals surface area (Å²) in [6.45, 7) is 2.02. The molecular formula is C16H17FINO2. The van der Waals surface area contributed by atoms with Crippen LogP contribution in [0.1, 0.15) is 18.5 Å². The van der Waals surface area contributed by atoms with Gasteiger partial charge in [0.2, 0.25) is 0 Å². The van der Waals surface area contributed by atoms with Gasteiger partial charge in [0.15, 0.2) is 0 Å². The van der Waals surface area contributed by atoms with E-state index in [0.29, 0.717) is 0 Å². The average Bonchev–Trinajstić information content (AvgIpc) is 2.49. The molecule has 0 heterocycles. The van der Waals surface area contributed by atoms with Crippen LogP contribution in [0.4, 0.5) is 10.1 Å². The lowest BCUT2D eigenvalue weighted by atomic mass is 10.1. The summed E-state index contributed by atoms with van der Waals surface area (Å²) in [5, 5.41) is 3.37. The minimum Gasteiger partial charge on any atom is -0.497 e. The zero-order valence-electron chi connectivity index (χ0n) is 12.1. The zero-order chi connectivity index (χ0) is 15.4. The summed E-state index contributed by atoms with van der Waals surface area (Å²) in [4.78, 5) is 0. The molecule has 0 aliphatic heterocycles. The molecule has 0 aromatic heterocycles. The van der Waals surface area contributed by atoms with E-state index in [1.807, 2.05) is 25.1 Å². The number of hydrogen-bond acceptors (Lipinski definition) is 3. The first kappa shape index (κ1) is 15.9. The van der Waals surface area contributed by atoms with Crippen molar-refractivity contribution in [1.29, 1.82) is 0 Å². The predicted molar refractivity (Wildman–Crippen MR) is 90.7 cm³/mol. The van der Waals surface area contributed by atoms with E-state index in [2.05, 4.69) is 27.9 Å². The van der Waals surface area contributed by atoms with E-state index in [9.17, 15) is 4.39 Å². The van der Waals surface area contributed by atoms with Crippen molar-refractivity contribution < 1.29 is 13.9 Å². The van der Waals surface area contributed by atoms with Crippen LogP contribution in [0.5, 0.6) is 11.5 Å². The standard InChI is InChI=1S/C16H17FINO2/c1-10(19-15-6-4-11(17)8-14(15)18)13-9-12(20-2)5-7-16(13)21-3/h4-10,19H,1-3H3. The van der Waals surface area contributed by atoms with Crippen molar-refractivity contribution in [2.75, 3.05) is 19.5 Å². The fraction of sp³-hybridized carbons (Fsp3) is 0.250. The van der Waals surface area contributed by atoms with E-state index >= 15 is 0 Å². The molecule has 0 bridgehead atoms. The Hall–Kier alpha value is -1.50. The number of rotatable bonds is 5. The molecule has 2 aromatic rings. The van der Waals surface area contributed by atoms with E-state index in [0.717, 1.165) is 26.3 Å². The summed E-state index contributed by atoms with van der Waals surface area (Å²) < 4.78 is 24.6. The highest BCUT2D eigenvalue weighted by molar-refractivity contribution is 14.1. The smallest absolute Gasteiger partial charge is 0.124 e. The van der Waals surface area contributed by atoms with Gasteiger partial charge in [0.1, 0.15) is 17.3 Å². The van der Waals surface area contributed by atoms with Crippen molar-refractivity contribution in [2.24, 2.45) is 0 Å². The third-order valence-corrected chi connectivity index (χ3v) is 4.10. The van der Waals surface area contributed by atoms with Crippen molar-refractivity contribution in [2.45, 2.75) is 13.0 Å². The molecule has 0 aliphatic carbocycles. The lowest BCUT2D eigenvalue weighted by Crippen LogP contribution is -2.09. The Morgan fingerprint density at radius 1 is 1.10 bits per heavy atom. The summed E-state index contributed by atoms with van der Waals surface area (Å²) in [5.74, 6) is 1.32. The van der Waals surface area contributed by atoms with Gasteiger partial charge in [-0.05, 0) is 65.9 Å². The third-order valence-electron chi connectivity index (χ3n) is 3.21. The first-order chi connectivity index (χ1) is 10.0. The van der Waals surface area contributed by atoms with Gasteiger partial charge in [-0.1, -0.05) is 0 Å². The number of ether oxygens (including phenoxy) is 2. The van der Waals surface area contributed by atoms with Crippen LogP contribution < -0.4 is 14.8 Å². The third kappa shape index (κ3) is 3.78. The highest BCUT2D eigenvalue weighted by atomic mass is 127. The molecule has 2 rings (SSSR count). The minimum atomic E-state index is -0.239. The average molecular weight is 401 g/mol. The molecule has 1 unspecified atom stereocenters. The summed E-state index contributed by atoms with van der Waals surface area (Å²) in [6.07, 6.45) is 0. The van der Waals surface area contributed by atoms with Crippen molar-refractivity contribution in [3.8, 4) is 11.5 Å². The largest absolute Gasteiger partial charge is 0.497 e. The van der Waals surface area contributed by atoms with E-state index in [1.54, 1.807) is 20.3 Å². The van der Waals surface area contributed by atoms with Gasteiger partial charge in [-0.2, -0.15) is 0 Å². The maximum atomic E-state index is 13.2. The first-order valence-corrected chi connectivity index (χ1v) is 7.56. The van der Waals surface area contributed by atoms with E-state index in [1.165, 1.54) is 12.1 Å². The Kier molecular flexibility index (Phi) is 5.27. The van der Waals surface area contributed by atoms with Gasteiger partial charge in [0.25, 0.3) is 0 Å². The van der Waals surface area contributed by atoms with Crippen molar-refractivity contribution >= 4 is 28.3 Å². The summed E-state index contributed by atoms with van der Waals surface area (Å²) >= 11 is 2.11. The fourth-order valence-electron chi connectivity index (χ4n) is 2.10. The Bertz CT molecular complexity index is 634. The van der Waals surface area contributed by atoms with E-state index in [4.69, 9.17) is 9.47 Å². The van der Waals surface area contributed by atoms with E-state index < -0.39 is 0 Å². The molecule has 0 amide bonds. The van der Waals surface area contributed by atoms with E-state index in [-0.39, 0.29) is 11.9 Å². The molecule has 2 aromatic carbocycles. The molecule has 0 spiro atoms. The Labute approximate surface area is 137 Å². The molecule has 0 saturated heterocycles. The lowest BCUT2D eigenvalue weighted by Gasteiger charge is -2.20. The highest BCUT2D eigenvalue weighted by Gasteiger charge is 2.14. The number of anilines is 1. The second kappa shape index (κ2) is 6.98. The van der Waals surface area contributed by atoms with Gasteiger partial charge in [-0.3, -0.25) is 0 Å². The first-order valence-electron chi connectivity index (χ1n) is 6.48. The normalized spacial score (nSPS) is 11.9. The van der Waals surface area contributed by atoms with Gasteiger partial charge in [-0.25, -0.2) is 4.39 Å². The fourth-order valence-corrected chi connectivity index (χ4v) is 2.73. The molecule has 112 valence electrons. The number of benzene rings is 2. The van der Waals surface area contributed by atoms with Gasteiger partial charge >= 0.3 is 0 Å². The van der Waals surface area contributed by atoms with Gasteiger partial charge in [0.05, 0.1) is 20.3 Å². The monoisotopic (exact) mass is 401 g/mol. The molecule has 0 fully saturated rings. The van der Waals surface area contributed by atoms with Crippen LogP contribution in [0.2, 0.25) is 0 Å². The van der Waals surface area contributed by atoms with Crippen LogP contribution in [0, 0.1) is 9.39 Å². The SMILES string of the molecule is COc1ccc(OC)c(C(C)Nc2ccc(F)cc2I)c1. The number of nitrogens with one attached hydrogen (secondary N) is 1. The van der Waals surface area contributed by atoms with Crippen LogP contribution in [0.15, 0.2) is 36.4 Å². The lowest BCUT2D eigenvalue weighted by molar-refractivity contribution is 0.397. The minimum absolute atomic E-state index is 0.00553. The molecular weight excluding hydrogens is 384 g/mol. The highest BCUT2D eigenvalue weighted by Crippen LogP contribution is 2.32. The molecule has 0 aliphatic rings. The Morgan fingerprint density at radius 2 is 1.86 bits per heavy atom. The summed E-state index contributed by atoms with van der Waals surface area (Å²) in [5.41, 5.74) is 1.87. The predicted octanol–water partition coefficient (Wildman–Crippen LogP) is 4.62. The number of methoxy groups -OCH3 is 2. The van der Waals surface area contributed by atoms with Gasteiger partial charge in [0, 0.05) is 14.8 Å². The maximum absolute atomic E-state index is 13.2. The number of hydrogen-bond donors (Lipinski definition) is 1. The topological polar surface area (TPSA) is 30.5 Å². The van der Waals surface area contributed by atoms with Crippen LogP contribution >= 0.6 is 22.6 Å². The van der Waals surface area contributed by atoms with Crippen molar-refractivity contribution in [3.05, 3.63) is 51.3 Å². The van der Waals surface area contributed by atoms with Crippen LogP contribution in [0.3, 0.4) is 0 Å². The number of halogens is 2. The summed E-state index contributed by atoms with van der Waals surface area (Å²) in [6, 6.07) is 10.3. The quantitative estimate of drug-likeness (QED) is 0.742. The molecule has 5 heteroatoms. The zero-order valence-corrected chi connectivity index (χ0v) is 14.3. The molecule has 1 atom stereocenters. The molecule has 21 heavy (non-hydrogen) atoms. The molecule has 0 saturated carbocycles. The van der Waals surface area contributed by atoms with Crippen LogP contribution in [-0.4, -0.2) is 14.2 Å². The molecule has 3 nitrogen and oxygen atoms in total.